The number of ether oxygens (including phenoxy) is 3. The molecule has 0 spiro atoms. The van der Waals surface area contributed by atoms with Gasteiger partial charge in [-0.1, -0.05) is 24.3 Å². The Morgan fingerprint density at radius 2 is 1.73 bits per heavy atom. The second-order valence-corrected chi connectivity index (χ2v) is 6.52. The fraction of sp³-hybridized carbons (Fsp3) is 0.0952. The molecule has 2 aliphatic rings. The van der Waals surface area contributed by atoms with E-state index in [1.807, 2.05) is 36.4 Å². The standard InChI is InChI=1S/C21H13NO4/c23-21-19-12(9-24-21)7-14-13-3-1-2-4-15(13)22-20(14)18(19)11-5-6-16-17(8-11)26-10-25-16/h1-8,22H,9-10H2. The lowest BCUT2D eigenvalue weighted by molar-refractivity contribution is 0.0535. The van der Waals surface area contributed by atoms with Crippen LogP contribution in [0.1, 0.15) is 15.9 Å². The molecular weight excluding hydrogens is 330 g/mol. The number of carbonyl (C=O) groups is 1. The van der Waals surface area contributed by atoms with E-state index < -0.39 is 0 Å². The molecule has 1 N–H and O–H groups in total. The maximum Gasteiger partial charge on any atom is 0.339 e. The molecule has 3 aromatic carbocycles. The minimum atomic E-state index is -0.284. The molecule has 0 fully saturated rings. The summed E-state index contributed by atoms with van der Waals surface area (Å²) in [5, 5.41) is 2.22. The van der Waals surface area contributed by atoms with Crippen molar-refractivity contribution in [1.82, 2.24) is 4.98 Å². The number of esters is 1. The topological polar surface area (TPSA) is 60.6 Å². The van der Waals surface area contributed by atoms with Gasteiger partial charge in [-0.25, -0.2) is 4.79 Å². The molecule has 4 aromatic rings. The van der Waals surface area contributed by atoms with Crippen molar-refractivity contribution in [2.75, 3.05) is 6.79 Å². The molecule has 0 saturated heterocycles. The first-order valence-corrected chi connectivity index (χ1v) is 8.43. The SMILES string of the molecule is O=C1OCc2cc3c([nH]c4ccccc43)c(-c3ccc4c(c3)OCO4)c21. The van der Waals surface area contributed by atoms with Crippen LogP contribution in [-0.4, -0.2) is 17.7 Å². The van der Waals surface area contributed by atoms with E-state index >= 15 is 0 Å². The minimum Gasteiger partial charge on any atom is -0.457 e. The number of carbonyl (C=O) groups excluding carboxylic acids is 1. The molecule has 0 amide bonds. The lowest BCUT2D eigenvalue weighted by atomic mass is 9.93. The second kappa shape index (κ2) is 4.79. The van der Waals surface area contributed by atoms with Crippen LogP contribution in [0.2, 0.25) is 0 Å². The van der Waals surface area contributed by atoms with Gasteiger partial charge in [0.1, 0.15) is 6.61 Å². The molecule has 5 nitrogen and oxygen atoms in total. The normalized spacial score (nSPS) is 14.8. The van der Waals surface area contributed by atoms with Gasteiger partial charge in [-0.3, -0.25) is 0 Å². The molecule has 3 heterocycles. The zero-order valence-corrected chi connectivity index (χ0v) is 13.7. The van der Waals surface area contributed by atoms with Crippen LogP contribution in [0.3, 0.4) is 0 Å². The van der Waals surface area contributed by atoms with E-state index in [2.05, 4.69) is 17.1 Å². The van der Waals surface area contributed by atoms with Crippen LogP contribution in [-0.2, 0) is 11.3 Å². The maximum absolute atomic E-state index is 12.5. The Morgan fingerprint density at radius 1 is 0.846 bits per heavy atom. The smallest absolute Gasteiger partial charge is 0.339 e. The number of cyclic esters (lactones) is 1. The Balaban J connectivity index is 1.76. The molecule has 0 saturated carbocycles. The largest absolute Gasteiger partial charge is 0.457 e. The Hall–Kier alpha value is -3.47. The van der Waals surface area contributed by atoms with Gasteiger partial charge in [-0.15, -0.1) is 0 Å². The van der Waals surface area contributed by atoms with E-state index in [4.69, 9.17) is 14.2 Å². The molecule has 6 rings (SSSR count). The number of H-pyrrole nitrogens is 1. The Bertz CT molecular complexity index is 1240. The van der Waals surface area contributed by atoms with Crippen molar-refractivity contribution in [3.63, 3.8) is 0 Å². The van der Waals surface area contributed by atoms with Gasteiger partial charge < -0.3 is 19.2 Å². The third kappa shape index (κ3) is 1.72. The van der Waals surface area contributed by atoms with Gasteiger partial charge in [0.15, 0.2) is 11.5 Å². The molecule has 0 atom stereocenters. The van der Waals surface area contributed by atoms with Crippen LogP contribution in [0.5, 0.6) is 11.5 Å². The first kappa shape index (κ1) is 13.8. The molecule has 0 radical (unpaired) electrons. The molecule has 0 bridgehead atoms. The average Bonchev–Trinajstić information content (AvgIpc) is 3.37. The van der Waals surface area contributed by atoms with Crippen molar-refractivity contribution >= 4 is 27.8 Å². The zero-order valence-electron chi connectivity index (χ0n) is 13.7. The monoisotopic (exact) mass is 343 g/mol. The van der Waals surface area contributed by atoms with Crippen LogP contribution in [0.4, 0.5) is 0 Å². The van der Waals surface area contributed by atoms with Crippen molar-refractivity contribution in [1.29, 1.82) is 0 Å². The quantitative estimate of drug-likeness (QED) is 0.521. The fourth-order valence-corrected chi connectivity index (χ4v) is 3.95. The number of nitrogens with one attached hydrogen (secondary N) is 1. The Kier molecular flexibility index (Phi) is 2.54. The van der Waals surface area contributed by atoms with E-state index in [0.717, 1.165) is 44.2 Å². The number of aromatic nitrogens is 1. The lowest BCUT2D eigenvalue weighted by Crippen LogP contribution is -1.98. The lowest BCUT2D eigenvalue weighted by Gasteiger charge is -2.09. The number of aromatic amines is 1. The molecule has 0 unspecified atom stereocenters. The van der Waals surface area contributed by atoms with Gasteiger partial charge in [0.05, 0.1) is 11.1 Å². The summed E-state index contributed by atoms with van der Waals surface area (Å²) < 4.78 is 16.3. The van der Waals surface area contributed by atoms with Crippen molar-refractivity contribution in [2.24, 2.45) is 0 Å². The highest BCUT2D eigenvalue weighted by Crippen LogP contribution is 2.43. The highest BCUT2D eigenvalue weighted by atomic mass is 16.7. The predicted octanol–water partition coefficient (Wildman–Crippen LogP) is 4.39. The summed E-state index contributed by atoms with van der Waals surface area (Å²) in [5.74, 6) is 1.13. The van der Waals surface area contributed by atoms with Crippen molar-refractivity contribution < 1.29 is 19.0 Å². The van der Waals surface area contributed by atoms with Crippen LogP contribution in [0.25, 0.3) is 32.9 Å². The van der Waals surface area contributed by atoms with Crippen molar-refractivity contribution in [3.05, 3.63) is 59.7 Å². The zero-order chi connectivity index (χ0) is 17.3. The van der Waals surface area contributed by atoms with Gasteiger partial charge >= 0.3 is 5.97 Å². The molecule has 5 heteroatoms. The fourth-order valence-electron chi connectivity index (χ4n) is 3.95. The summed E-state index contributed by atoms with van der Waals surface area (Å²) in [6, 6.07) is 16.0. The Morgan fingerprint density at radius 3 is 2.69 bits per heavy atom. The molecule has 26 heavy (non-hydrogen) atoms. The molecule has 1 aromatic heterocycles. The van der Waals surface area contributed by atoms with Crippen molar-refractivity contribution in [3.8, 4) is 22.6 Å². The first-order chi connectivity index (χ1) is 12.8. The predicted molar refractivity (Wildman–Crippen MR) is 96.5 cm³/mol. The summed E-state index contributed by atoms with van der Waals surface area (Å²) in [6.45, 7) is 0.524. The second-order valence-electron chi connectivity index (χ2n) is 6.52. The van der Waals surface area contributed by atoms with Crippen LogP contribution in [0.15, 0.2) is 48.5 Å². The third-order valence-corrected chi connectivity index (χ3v) is 5.11. The number of benzene rings is 3. The number of hydrogen-bond donors (Lipinski definition) is 1. The summed E-state index contributed by atoms with van der Waals surface area (Å²) in [5.41, 5.74) is 5.28. The minimum absolute atomic E-state index is 0.218. The van der Waals surface area contributed by atoms with Crippen molar-refractivity contribution in [2.45, 2.75) is 6.61 Å². The van der Waals surface area contributed by atoms with E-state index in [1.165, 1.54) is 0 Å². The van der Waals surface area contributed by atoms with E-state index in [1.54, 1.807) is 0 Å². The summed E-state index contributed by atoms with van der Waals surface area (Å²) in [4.78, 5) is 15.9. The summed E-state index contributed by atoms with van der Waals surface area (Å²) in [7, 11) is 0. The Labute approximate surface area is 148 Å². The highest BCUT2D eigenvalue weighted by molar-refractivity contribution is 6.17. The number of para-hydroxylation sites is 1. The van der Waals surface area contributed by atoms with Crippen LogP contribution in [0, 0.1) is 0 Å². The molecule has 126 valence electrons. The first-order valence-electron chi connectivity index (χ1n) is 8.43. The van der Waals surface area contributed by atoms with E-state index in [9.17, 15) is 4.79 Å². The average molecular weight is 343 g/mol. The van der Waals surface area contributed by atoms with Gasteiger partial charge in [0, 0.05) is 27.4 Å². The van der Waals surface area contributed by atoms with E-state index in [-0.39, 0.29) is 12.8 Å². The van der Waals surface area contributed by atoms with Gasteiger partial charge in [0.2, 0.25) is 6.79 Å². The summed E-state index contributed by atoms with van der Waals surface area (Å²) >= 11 is 0. The molecule has 0 aliphatic carbocycles. The van der Waals surface area contributed by atoms with Gasteiger partial charge in [-0.05, 0) is 29.8 Å². The number of fused-ring (bicyclic) bond motifs is 5. The van der Waals surface area contributed by atoms with Crippen LogP contribution < -0.4 is 9.47 Å². The van der Waals surface area contributed by atoms with Gasteiger partial charge in [-0.2, -0.15) is 0 Å². The summed E-state index contributed by atoms with van der Waals surface area (Å²) in [6.07, 6.45) is 0. The molecule has 2 aliphatic heterocycles. The van der Waals surface area contributed by atoms with Crippen LogP contribution >= 0.6 is 0 Å². The van der Waals surface area contributed by atoms with E-state index in [0.29, 0.717) is 17.9 Å². The number of rotatable bonds is 1. The van der Waals surface area contributed by atoms with Gasteiger partial charge in [0.25, 0.3) is 0 Å². The third-order valence-electron chi connectivity index (χ3n) is 5.11. The maximum atomic E-state index is 12.5. The number of hydrogen-bond acceptors (Lipinski definition) is 4. The highest BCUT2D eigenvalue weighted by Gasteiger charge is 2.29. The molecular formula is C21H13NO4.